The molecule has 2 aliphatic rings. The Bertz CT molecular complexity index is 947. The summed E-state index contributed by atoms with van der Waals surface area (Å²) < 4.78 is 36.9. The molecule has 160 valence electrons. The number of nitrogens with zero attached hydrogens (tertiary/aromatic N) is 3. The Kier molecular flexibility index (Phi) is 5.76. The van der Waals surface area contributed by atoms with Gasteiger partial charge < -0.3 is 19.5 Å². The Hall–Kier alpha value is -2.88. The highest BCUT2D eigenvalue weighted by Gasteiger charge is 2.38. The van der Waals surface area contributed by atoms with Crippen molar-refractivity contribution < 1.29 is 27.6 Å². The van der Waals surface area contributed by atoms with Gasteiger partial charge in [-0.25, -0.2) is 8.78 Å². The summed E-state index contributed by atoms with van der Waals surface area (Å²) in [5.41, 5.74) is -0.108. The number of methoxy groups -OCH3 is 1. The fraction of sp³-hybridized carbons (Fsp3) is 0.500. The first-order chi connectivity index (χ1) is 14.4. The van der Waals surface area contributed by atoms with Crippen molar-refractivity contribution in [2.24, 2.45) is 11.8 Å². The van der Waals surface area contributed by atoms with Crippen LogP contribution in [0.25, 0.3) is 11.5 Å². The van der Waals surface area contributed by atoms with Gasteiger partial charge in [-0.1, -0.05) is 5.16 Å². The molecule has 2 atom stereocenters. The first-order valence-electron chi connectivity index (χ1n) is 9.84. The van der Waals surface area contributed by atoms with Crippen LogP contribution < -0.4 is 5.32 Å². The van der Waals surface area contributed by atoms with E-state index in [0.29, 0.717) is 24.9 Å². The summed E-state index contributed by atoms with van der Waals surface area (Å²) >= 11 is 0. The number of carbonyl (C=O) groups is 2. The molecule has 0 radical (unpaired) electrons. The highest BCUT2D eigenvalue weighted by atomic mass is 19.1. The molecule has 2 fully saturated rings. The topological polar surface area (TPSA) is 97.6 Å². The van der Waals surface area contributed by atoms with Crippen LogP contribution in [-0.4, -0.2) is 59.7 Å². The van der Waals surface area contributed by atoms with E-state index < -0.39 is 29.5 Å². The Morgan fingerprint density at radius 2 is 2.10 bits per heavy atom. The van der Waals surface area contributed by atoms with Crippen LogP contribution in [-0.2, 0) is 9.53 Å². The fourth-order valence-electron chi connectivity index (χ4n) is 3.73. The lowest BCUT2D eigenvalue weighted by molar-refractivity contribution is -0.148. The number of nitrogens with one attached hydrogen (secondary N) is 1. The standard InChI is InChI=1S/C20H22F2N4O4/c1-29-20(28)14-10-26(9-11-2-3-11)7-6-16(14)23-18(27)17-24-19(30-25-17)13-5-4-12(21)8-15(13)22/h4-5,8,11,14,16H,2-3,6-7,9-10H2,1H3,(H,23,27)/t14-,16-/m1/s1. The second-order valence-corrected chi connectivity index (χ2v) is 7.75. The molecule has 1 aromatic heterocycles. The molecule has 1 amide bonds. The average Bonchev–Trinajstić information content (AvgIpc) is 3.40. The van der Waals surface area contributed by atoms with Gasteiger partial charge in [0.15, 0.2) is 0 Å². The second kappa shape index (κ2) is 8.47. The third-order valence-corrected chi connectivity index (χ3v) is 5.52. The smallest absolute Gasteiger partial charge is 0.312 e. The van der Waals surface area contributed by atoms with Gasteiger partial charge in [-0.2, -0.15) is 4.98 Å². The maximum Gasteiger partial charge on any atom is 0.312 e. The molecule has 4 rings (SSSR count). The molecule has 2 aromatic rings. The van der Waals surface area contributed by atoms with E-state index in [4.69, 9.17) is 9.26 Å². The van der Waals surface area contributed by atoms with Gasteiger partial charge in [0.25, 0.3) is 17.6 Å². The predicted molar refractivity (Wildman–Crippen MR) is 100 cm³/mol. The van der Waals surface area contributed by atoms with E-state index in [1.165, 1.54) is 20.0 Å². The minimum absolute atomic E-state index is 0.108. The van der Waals surface area contributed by atoms with Gasteiger partial charge in [0.1, 0.15) is 11.6 Å². The third kappa shape index (κ3) is 4.48. The van der Waals surface area contributed by atoms with Crippen molar-refractivity contribution in [3.63, 3.8) is 0 Å². The van der Waals surface area contributed by atoms with Crippen molar-refractivity contribution in [2.45, 2.75) is 25.3 Å². The van der Waals surface area contributed by atoms with Gasteiger partial charge in [-0.15, -0.1) is 0 Å². The van der Waals surface area contributed by atoms with E-state index in [2.05, 4.69) is 20.4 Å². The number of likely N-dealkylation sites (tertiary alicyclic amines) is 1. The number of ether oxygens (including phenoxy) is 1. The molecular weight excluding hydrogens is 398 g/mol. The molecule has 0 spiro atoms. The van der Waals surface area contributed by atoms with E-state index in [9.17, 15) is 18.4 Å². The van der Waals surface area contributed by atoms with Crippen LogP contribution in [0, 0.1) is 23.5 Å². The molecular formula is C20H22F2N4O4. The van der Waals surface area contributed by atoms with E-state index in [-0.39, 0.29) is 23.2 Å². The van der Waals surface area contributed by atoms with Crippen molar-refractivity contribution in [3.05, 3.63) is 35.7 Å². The molecule has 30 heavy (non-hydrogen) atoms. The zero-order valence-electron chi connectivity index (χ0n) is 16.4. The maximum absolute atomic E-state index is 13.9. The van der Waals surface area contributed by atoms with Gasteiger partial charge in [0.2, 0.25) is 0 Å². The summed E-state index contributed by atoms with van der Waals surface area (Å²) in [4.78, 5) is 31.0. The lowest BCUT2D eigenvalue weighted by Crippen LogP contribution is -2.54. The lowest BCUT2D eigenvalue weighted by Gasteiger charge is -2.37. The van der Waals surface area contributed by atoms with E-state index >= 15 is 0 Å². The minimum atomic E-state index is -0.876. The number of carbonyl (C=O) groups excluding carboxylic acids is 2. The van der Waals surface area contributed by atoms with Crippen molar-refractivity contribution in [3.8, 4) is 11.5 Å². The summed E-state index contributed by atoms with van der Waals surface area (Å²) in [5.74, 6) is -2.98. The van der Waals surface area contributed by atoms with Gasteiger partial charge in [0, 0.05) is 31.7 Å². The normalized spacial score (nSPS) is 22.0. The van der Waals surface area contributed by atoms with E-state index in [0.717, 1.165) is 25.2 Å². The highest BCUT2D eigenvalue weighted by Crippen LogP contribution is 2.31. The summed E-state index contributed by atoms with van der Waals surface area (Å²) in [6.45, 7) is 2.21. The second-order valence-electron chi connectivity index (χ2n) is 7.75. The third-order valence-electron chi connectivity index (χ3n) is 5.52. The molecule has 1 saturated carbocycles. The summed E-state index contributed by atoms with van der Waals surface area (Å²) in [6.07, 6.45) is 3.01. The van der Waals surface area contributed by atoms with E-state index in [1.54, 1.807) is 0 Å². The van der Waals surface area contributed by atoms with Crippen LogP contribution in [0.2, 0.25) is 0 Å². The van der Waals surface area contributed by atoms with Gasteiger partial charge in [-0.3, -0.25) is 9.59 Å². The Morgan fingerprint density at radius 1 is 1.30 bits per heavy atom. The van der Waals surface area contributed by atoms with Crippen molar-refractivity contribution in [1.82, 2.24) is 20.4 Å². The molecule has 1 N–H and O–H groups in total. The molecule has 1 aromatic carbocycles. The molecule has 1 saturated heterocycles. The molecule has 1 aliphatic heterocycles. The number of rotatable bonds is 6. The van der Waals surface area contributed by atoms with Crippen LogP contribution in [0.5, 0.6) is 0 Å². The monoisotopic (exact) mass is 420 g/mol. The number of esters is 1. The van der Waals surface area contributed by atoms with Crippen molar-refractivity contribution in [1.29, 1.82) is 0 Å². The molecule has 10 heteroatoms. The minimum Gasteiger partial charge on any atom is -0.469 e. The van der Waals surface area contributed by atoms with Gasteiger partial charge >= 0.3 is 5.97 Å². The summed E-state index contributed by atoms with van der Waals surface area (Å²) in [5, 5.41) is 6.36. The maximum atomic E-state index is 13.9. The van der Waals surface area contributed by atoms with E-state index in [1.807, 2.05) is 0 Å². The molecule has 0 bridgehead atoms. The molecule has 1 aliphatic carbocycles. The molecule has 8 nitrogen and oxygen atoms in total. The number of aromatic nitrogens is 2. The first-order valence-corrected chi connectivity index (χ1v) is 9.84. The zero-order chi connectivity index (χ0) is 21.3. The largest absolute Gasteiger partial charge is 0.469 e. The molecule has 2 heterocycles. The Balaban J connectivity index is 1.44. The van der Waals surface area contributed by atoms with Crippen LogP contribution in [0.1, 0.15) is 29.9 Å². The van der Waals surface area contributed by atoms with Crippen LogP contribution in [0.15, 0.2) is 22.7 Å². The van der Waals surface area contributed by atoms with Crippen LogP contribution in [0.4, 0.5) is 8.78 Å². The number of halogens is 2. The van der Waals surface area contributed by atoms with Crippen molar-refractivity contribution >= 4 is 11.9 Å². The fourth-order valence-corrected chi connectivity index (χ4v) is 3.73. The summed E-state index contributed by atoms with van der Waals surface area (Å²) in [6, 6.07) is 2.46. The SMILES string of the molecule is COC(=O)[C@@H]1CN(CC2CC2)CC[C@H]1NC(=O)c1noc(-c2ccc(F)cc2F)n1. The number of benzene rings is 1. The first kappa shape index (κ1) is 20.4. The van der Waals surface area contributed by atoms with Crippen LogP contribution >= 0.6 is 0 Å². The Labute approximate surface area is 171 Å². The summed E-state index contributed by atoms with van der Waals surface area (Å²) in [7, 11) is 1.32. The van der Waals surface area contributed by atoms with Crippen molar-refractivity contribution in [2.75, 3.05) is 26.7 Å². The molecule has 0 unspecified atom stereocenters. The average molecular weight is 420 g/mol. The zero-order valence-corrected chi connectivity index (χ0v) is 16.4. The number of hydrogen-bond acceptors (Lipinski definition) is 7. The highest BCUT2D eigenvalue weighted by molar-refractivity contribution is 5.91. The number of hydrogen-bond donors (Lipinski definition) is 1. The van der Waals surface area contributed by atoms with Crippen LogP contribution in [0.3, 0.4) is 0 Å². The predicted octanol–water partition coefficient (Wildman–Crippen LogP) is 2.02. The number of amides is 1. The van der Waals surface area contributed by atoms with Gasteiger partial charge in [-0.05, 0) is 37.3 Å². The van der Waals surface area contributed by atoms with Gasteiger partial charge in [0.05, 0.1) is 18.6 Å². The quantitative estimate of drug-likeness (QED) is 0.714. The number of piperidine rings is 1. The lowest BCUT2D eigenvalue weighted by atomic mass is 9.91. The Morgan fingerprint density at radius 3 is 2.80 bits per heavy atom.